The van der Waals surface area contributed by atoms with Crippen LogP contribution in [0.3, 0.4) is 0 Å². The summed E-state index contributed by atoms with van der Waals surface area (Å²) in [7, 11) is 1.62. The number of benzene rings is 1. The summed E-state index contributed by atoms with van der Waals surface area (Å²) in [6.07, 6.45) is 0. The zero-order valence-corrected chi connectivity index (χ0v) is 13.3. The highest BCUT2D eigenvalue weighted by atomic mass is 16.5. The van der Waals surface area contributed by atoms with Crippen LogP contribution in [0.5, 0.6) is 5.75 Å². The van der Waals surface area contributed by atoms with Gasteiger partial charge in [-0.15, -0.1) is 0 Å². The van der Waals surface area contributed by atoms with Gasteiger partial charge in [0.05, 0.1) is 7.11 Å². The Hall–Kier alpha value is -1.97. The van der Waals surface area contributed by atoms with Gasteiger partial charge in [-0.1, -0.05) is 27.7 Å². The van der Waals surface area contributed by atoms with E-state index in [4.69, 9.17) is 9.15 Å². The molecule has 4 nitrogen and oxygen atoms in total. The molecule has 1 amide bonds. The number of carbonyl (C=O) groups is 1. The van der Waals surface area contributed by atoms with Gasteiger partial charge in [-0.25, -0.2) is 0 Å². The standard InChI is InChI=1S/C17H23NO3/c1-10(2)16(11(3)4)18-17(19)15-9-12-8-13(20-5)6-7-14(12)21-15/h6-11,16H,1-5H3,(H,18,19). The lowest BCUT2D eigenvalue weighted by molar-refractivity contribution is 0.0884. The molecule has 4 heteroatoms. The molecular weight excluding hydrogens is 266 g/mol. The molecule has 1 N–H and O–H groups in total. The van der Waals surface area contributed by atoms with Gasteiger partial charge < -0.3 is 14.5 Å². The number of hydrogen-bond donors (Lipinski definition) is 1. The summed E-state index contributed by atoms with van der Waals surface area (Å²) in [5, 5.41) is 3.92. The van der Waals surface area contributed by atoms with Crippen LogP contribution in [0, 0.1) is 11.8 Å². The lowest BCUT2D eigenvalue weighted by Gasteiger charge is -2.25. The molecule has 0 aliphatic carbocycles. The molecule has 0 bridgehead atoms. The van der Waals surface area contributed by atoms with Crippen molar-refractivity contribution < 1.29 is 13.9 Å². The van der Waals surface area contributed by atoms with Crippen molar-refractivity contribution in [3.05, 3.63) is 30.0 Å². The van der Waals surface area contributed by atoms with E-state index in [1.54, 1.807) is 13.2 Å². The topological polar surface area (TPSA) is 51.5 Å². The van der Waals surface area contributed by atoms with Crippen LogP contribution in [-0.2, 0) is 0 Å². The molecular formula is C17H23NO3. The van der Waals surface area contributed by atoms with E-state index in [-0.39, 0.29) is 11.9 Å². The van der Waals surface area contributed by atoms with Crippen molar-refractivity contribution in [2.45, 2.75) is 33.7 Å². The van der Waals surface area contributed by atoms with Gasteiger partial charge >= 0.3 is 0 Å². The Morgan fingerprint density at radius 3 is 2.38 bits per heavy atom. The van der Waals surface area contributed by atoms with Gasteiger partial charge in [0, 0.05) is 11.4 Å². The third-order valence-electron chi connectivity index (χ3n) is 3.68. The zero-order chi connectivity index (χ0) is 15.6. The first kappa shape index (κ1) is 15.4. The Bertz CT molecular complexity index is 620. The molecule has 0 fully saturated rings. The van der Waals surface area contributed by atoms with Crippen LogP contribution in [0.2, 0.25) is 0 Å². The highest BCUT2D eigenvalue weighted by molar-refractivity contribution is 5.96. The maximum atomic E-state index is 12.4. The third kappa shape index (κ3) is 3.38. The summed E-state index contributed by atoms with van der Waals surface area (Å²) >= 11 is 0. The number of rotatable bonds is 5. The van der Waals surface area contributed by atoms with Crippen molar-refractivity contribution in [2.75, 3.05) is 7.11 Å². The average Bonchev–Trinajstić information content (AvgIpc) is 2.86. The zero-order valence-electron chi connectivity index (χ0n) is 13.3. The van der Waals surface area contributed by atoms with Gasteiger partial charge in [0.2, 0.25) is 0 Å². The van der Waals surface area contributed by atoms with Crippen LogP contribution in [0.25, 0.3) is 11.0 Å². The van der Waals surface area contributed by atoms with Crippen molar-refractivity contribution in [2.24, 2.45) is 11.8 Å². The van der Waals surface area contributed by atoms with Gasteiger partial charge in [-0.05, 0) is 36.1 Å². The SMILES string of the molecule is COc1ccc2oc(C(=O)NC(C(C)C)C(C)C)cc2c1. The molecule has 0 unspecified atom stereocenters. The second-order valence-corrected chi connectivity index (χ2v) is 6.00. The number of methoxy groups -OCH3 is 1. The normalized spacial score (nSPS) is 11.6. The van der Waals surface area contributed by atoms with Crippen molar-refractivity contribution in [1.82, 2.24) is 5.32 Å². The third-order valence-corrected chi connectivity index (χ3v) is 3.68. The number of nitrogens with one attached hydrogen (secondary N) is 1. The molecule has 1 aromatic carbocycles. The molecule has 0 spiro atoms. The highest BCUT2D eigenvalue weighted by Crippen LogP contribution is 2.24. The second kappa shape index (κ2) is 6.20. The molecule has 0 aliphatic heterocycles. The van der Waals surface area contributed by atoms with Gasteiger partial charge in [0.15, 0.2) is 5.76 Å². The van der Waals surface area contributed by atoms with Crippen molar-refractivity contribution in [3.8, 4) is 5.75 Å². The Labute approximate surface area is 125 Å². The Morgan fingerprint density at radius 2 is 1.81 bits per heavy atom. The number of hydrogen-bond acceptors (Lipinski definition) is 3. The minimum atomic E-state index is -0.169. The predicted molar refractivity (Wildman–Crippen MR) is 83.7 cm³/mol. The molecule has 0 aliphatic rings. The van der Waals surface area contributed by atoms with Gasteiger partial charge in [0.1, 0.15) is 11.3 Å². The summed E-state index contributed by atoms with van der Waals surface area (Å²) in [4.78, 5) is 12.4. The molecule has 0 radical (unpaired) electrons. The maximum absolute atomic E-state index is 12.4. The highest BCUT2D eigenvalue weighted by Gasteiger charge is 2.22. The van der Waals surface area contributed by atoms with E-state index >= 15 is 0 Å². The summed E-state index contributed by atoms with van der Waals surface area (Å²) in [5.74, 6) is 1.66. The minimum absolute atomic E-state index is 0.125. The van der Waals surface area contributed by atoms with E-state index < -0.39 is 0 Å². The Kier molecular flexibility index (Phi) is 4.56. The average molecular weight is 289 g/mol. The lowest BCUT2D eigenvalue weighted by atomic mass is 9.93. The van der Waals surface area contributed by atoms with Crippen LogP contribution in [0.4, 0.5) is 0 Å². The van der Waals surface area contributed by atoms with E-state index in [1.807, 2.05) is 18.2 Å². The summed E-state index contributed by atoms with van der Waals surface area (Å²) in [6.45, 7) is 8.42. The molecule has 1 heterocycles. The lowest BCUT2D eigenvalue weighted by Crippen LogP contribution is -2.42. The first-order valence-electron chi connectivity index (χ1n) is 7.30. The van der Waals surface area contributed by atoms with Gasteiger partial charge in [-0.3, -0.25) is 4.79 Å². The maximum Gasteiger partial charge on any atom is 0.287 e. The first-order chi connectivity index (χ1) is 9.92. The van der Waals surface area contributed by atoms with E-state index in [0.29, 0.717) is 23.2 Å². The summed E-state index contributed by atoms with van der Waals surface area (Å²) < 4.78 is 10.8. The smallest absolute Gasteiger partial charge is 0.287 e. The monoisotopic (exact) mass is 289 g/mol. The van der Waals surface area contributed by atoms with E-state index in [1.165, 1.54) is 0 Å². The van der Waals surface area contributed by atoms with Crippen molar-refractivity contribution in [1.29, 1.82) is 0 Å². The van der Waals surface area contributed by atoms with Crippen LogP contribution >= 0.6 is 0 Å². The minimum Gasteiger partial charge on any atom is -0.497 e. The first-order valence-corrected chi connectivity index (χ1v) is 7.30. The fraction of sp³-hybridized carbons (Fsp3) is 0.471. The quantitative estimate of drug-likeness (QED) is 0.909. The van der Waals surface area contributed by atoms with E-state index in [0.717, 1.165) is 11.1 Å². The van der Waals surface area contributed by atoms with Crippen LogP contribution in [-0.4, -0.2) is 19.1 Å². The number of amides is 1. The molecule has 1 aromatic heterocycles. The largest absolute Gasteiger partial charge is 0.497 e. The Morgan fingerprint density at radius 1 is 1.14 bits per heavy atom. The summed E-state index contributed by atoms with van der Waals surface area (Å²) in [6, 6.07) is 7.37. The Balaban J connectivity index is 2.23. The number of furan rings is 1. The molecule has 0 atom stereocenters. The number of ether oxygens (including phenoxy) is 1. The van der Waals surface area contributed by atoms with E-state index in [9.17, 15) is 4.79 Å². The van der Waals surface area contributed by atoms with Crippen molar-refractivity contribution >= 4 is 16.9 Å². The fourth-order valence-electron chi connectivity index (χ4n) is 2.59. The predicted octanol–water partition coefficient (Wildman–Crippen LogP) is 3.85. The van der Waals surface area contributed by atoms with E-state index in [2.05, 4.69) is 33.0 Å². The second-order valence-electron chi connectivity index (χ2n) is 6.00. The molecule has 114 valence electrons. The van der Waals surface area contributed by atoms with Crippen LogP contribution in [0.15, 0.2) is 28.7 Å². The van der Waals surface area contributed by atoms with Gasteiger partial charge in [-0.2, -0.15) is 0 Å². The fourth-order valence-corrected chi connectivity index (χ4v) is 2.59. The molecule has 0 saturated heterocycles. The molecule has 2 rings (SSSR count). The van der Waals surface area contributed by atoms with Crippen molar-refractivity contribution in [3.63, 3.8) is 0 Å². The molecule has 2 aromatic rings. The van der Waals surface area contributed by atoms with Gasteiger partial charge in [0.25, 0.3) is 5.91 Å². The molecule has 21 heavy (non-hydrogen) atoms. The number of carbonyl (C=O) groups excluding carboxylic acids is 1. The number of fused-ring (bicyclic) bond motifs is 1. The van der Waals surface area contributed by atoms with Crippen LogP contribution in [0.1, 0.15) is 38.2 Å². The summed E-state index contributed by atoms with van der Waals surface area (Å²) in [5.41, 5.74) is 0.687. The van der Waals surface area contributed by atoms with Crippen LogP contribution < -0.4 is 10.1 Å². The molecule has 0 saturated carbocycles.